The number of aromatic nitrogens is 2. The van der Waals surface area contributed by atoms with Gasteiger partial charge in [-0.25, -0.2) is 9.97 Å². The van der Waals surface area contributed by atoms with Crippen LogP contribution in [0.5, 0.6) is 0 Å². The van der Waals surface area contributed by atoms with Crippen LogP contribution in [0.15, 0.2) is 42.7 Å². The van der Waals surface area contributed by atoms with E-state index in [1.54, 1.807) is 22.9 Å². The first-order valence-electron chi connectivity index (χ1n) is 7.82. The number of amides is 2. The molecule has 24 heavy (non-hydrogen) atoms. The molecular weight excluding hydrogens is 306 g/mol. The number of carbonyl (C=O) groups excluding carboxylic acids is 2. The molecule has 2 heterocycles. The molecule has 1 saturated heterocycles. The second-order valence-electron chi connectivity index (χ2n) is 5.58. The summed E-state index contributed by atoms with van der Waals surface area (Å²) in [6.07, 6.45) is 3.02. The summed E-state index contributed by atoms with van der Waals surface area (Å²) in [5, 5.41) is 3.13. The van der Waals surface area contributed by atoms with Crippen LogP contribution in [0.3, 0.4) is 0 Å². The highest BCUT2D eigenvalue weighted by molar-refractivity contribution is 5.92. The van der Waals surface area contributed by atoms with Crippen LogP contribution in [0.4, 0.5) is 11.5 Å². The standard InChI is InChI=1S/C17H19N5O2/c1-13(23)21-7-9-22(10-8-21)17(24)15-11-19-16(12-18-15)20-14-5-3-2-4-6-14/h2-6,11-12H,7-10H2,1H3,(H,19,20). The fraction of sp³-hybridized carbons (Fsp3) is 0.294. The Morgan fingerprint density at radius 3 is 2.21 bits per heavy atom. The summed E-state index contributed by atoms with van der Waals surface area (Å²) in [6.45, 7) is 3.69. The molecule has 7 heteroatoms. The summed E-state index contributed by atoms with van der Waals surface area (Å²) in [5.41, 5.74) is 1.22. The third-order valence-corrected chi connectivity index (χ3v) is 3.93. The molecule has 3 rings (SSSR count). The molecule has 124 valence electrons. The molecule has 1 fully saturated rings. The van der Waals surface area contributed by atoms with Crippen molar-refractivity contribution in [2.24, 2.45) is 0 Å². The minimum Gasteiger partial charge on any atom is -0.339 e. The summed E-state index contributed by atoms with van der Waals surface area (Å²) < 4.78 is 0. The van der Waals surface area contributed by atoms with E-state index in [4.69, 9.17) is 0 Å². The minimum absolute atomic E-state index is 0.0400. The molecule has 0 unspecified atom stereocenters. The molecule has 0 saturated carbocycles. The van der Waals surface area contributed by atoms with Crippen molar-refractivity contribution >= 4 is 23.3 Å². The maximum absolute atomic E-state index is 12.4. The molecule has 0 atom stereocenters. The Balaban J connectivity index is 1.61. The number of carbonyl (C=O) groups is 2. The van der Waals surface area contributed by atoms with Gasteiger partial charge in [-0.3, -0.25) is 9.59 Å². The SMILES string of the molecule is CC(=O)N1CCN(C(=O)c2cnc(Nc3ccccc3)cn2)CC1. The first kappa shape index (κ1) is 15.9. The van der Waals surface area contributed by atoms with Gasteiger partial charge in [0.2, 0.25) is 5.91 Å². The van der Waals surface area contributed by atoms with Crippen molar-refractivity contribution in [3.63, 3.8) is 0 Å². The summed E-state index contributed by atoms with van der Waals surface area (Å²) in [4.78, 5) is 35.7. The minimum atomic E-state index is -0.156. The fourth-order valence-corrected chi connectivity index (χ4v) is 2.56. The highest BCUT2D eigenvalue weighted by Gasteiger charge is 2.24. The lowest BCUT2D eigenvalue weighted by atomic mass is 10.3. The van der Waals surface area contributed by atoms with Crippen LogP contribution in [0.2, 0.25) is 0 Å². The monoisotopic (exact) mass is 325 g/mol. The van der Waals surface area contributed by atoms with Crippen LogP contribution in [-0.4, -0.2) is 57.8 Å². The van der Waals surface area contributed by atoms with Gasteiger partial charge < -0.3 is 15.1 Å². The molecule has 0 bridgehead atoms. The Morgan fingerprint density at radius 2 is 1.62 bits per heavy atom. The summed E-state index contributed by atoms with van der Waals surface area (Å²) >= 11 is 0. The second kappa shape index (κ2) is 7.08. The Bertz CT molecular complexity index is 710. The number of nitrogens with zero attached hydrogens (tertiary/aromatic N) is 4. The molecule has 2 aromatic rings. The smallest absolute Gasteiger partial charge is 0.274 e. The normalized spacial score (nSPS) is 14.4. The lowest BCUT2D eigenvalue weighted by Crippen LogP contribution is -2.50. The van der Waals surface area contributed by atoms with Gasteiger partial charge in [0, 0.05) is 38.8 Å². The van der Waals surface area contributed by atoms with Crippen LogP contribution in [0, 0.1) is 0 Å². The molecule has 1 aliphatic rings. The average Bonchev–Trinajstić information content (AvgIpc) is 2.63. The highest BCUT2D eigenvalue weighted by Crippen LogP contribution is 2.13. The lowest BCUT2D eigenvalue weighted by Gasteiger charge is -2.33. The maximum atomic E-state index is 12.4. The van der Waals surface area contributed by atoms with E-state index in [9.17, 15) is 9.59 Å². The summed E-state index contributed by atoms with van der Waals surface area (Å²) in [7, 11) is 0. The number of hydrogen-bond acceptors (Lipinski definition) is 5. The van der Waals surface area contributed by atoms with Crippen molar-refractivity contribution in [3.8, 4) is 0 Å². The second-order valence-corrected chi connectivity index (χ2v) is 5.58. The van der Waals surface area contributed by atoms with E-state index < -0.39 is 0 Å². The predicted octanol–water partition coefficient (Wildman–Crippen LogP) is 1.52. The van der Waals surface area contributed by atoms with Gasteiger partial charge in [0.25, 0.3) is 5.91 Å². The van der Waals surface area contributed by atoms with Crippen molar-refractivity contribution in [2.75, 3.05) is 31.5 Å². The van der Waals surface area contributed by atoms with Gasteiger partial charge in [0.1, 0.15) is 11.5 Å². The van der Waals surface area contributed by atoms with Gasteiger partial charge in [0.05, 0.1) is 12.4 Å². The summed E-state index contributed by atoms with van der Waals surface area (Å²) in [6, 6.07) is 9.64. The topological polar surface area (TPSA) is 78.4 Å². The first-order valence-corrected chi connectivity index (χ1v) is 7.82. The molecule has 1 aromatic carbocycles. The largest absolute Gasteiger partial charge is 0.339 e. The van der Waals surface area contributed by atoms with Crippen molar-refractivity contribution in [3.05, 3.63) is 48.4 Å². The predicted molar refractivity (Wildman–Crippen MR) is 89.9 cm³/mol. The number of nitrogens with one attached hydrogen (secondary N) is 1. The van der Waals surface area contributed by atoms with E-state index in [1.165, 1.54) is 6.20 Å². The lowest BCUT2D eigenvalue weighted by molar-refractivity contribution is -0.130. The van der Waals surface area contributed by atoms with Crippen molar-refractivity contribution in [1.82, 2.24) is 19.8 Å². The Kier molecular flexibility index (Phi) is 4.69. The zero-order valence-corrected chi connectivity index (χ0v) is 13.5. The number of piperazine rings is 1. The molecule has 1 N–H and O–H groups in total. The molecule has 0 spiro atoms. The highest BCUT2D eigenvalue weighted by atomic mass is 16.2. The van der Waals surface area contributed by atoms with E-state index in [1.807, 2.05) is 30.3 Å². The average molecular weight is 325 g/mol. The van der Waals surface area contributed by atoms with Crippen molar-refractivity contribution < 1.29 is 9.59 Å². The van der Waals surface area contributed by atoms with Gasteiger partial charge >= 0.3 is 0 Å². The summed E-state index contributed by atoms with van der Waals surface area (Å²) in [5.74, 6) is 0.467. The number of para-hydroxylation sites is 1. The van der Waals surface area contributed by atoms with Crippen LogP contribution in [0.1, 0.15) is 17.4 Å². The van der Waals surface area contributed by atoms with Crippen LogP contribution in [-0.2, 0) is 4.79 Å². The quantitative estimate of drug-likeness (QED) is 0.926. The Labute approximate surface area is 140 Å². The third-order valence-electron chi connectivity index (χ3n) is 3.93. The molecule has 0 aliphatic carbocycles. The zero-order valence-electron chi connectivity index (χ0n) is 13.5. The Morgan fingerprint density at radius 1 is 0.958 bits per heavy atom. The van der Waals surface area contributed by atoms with E-state index in [2.05, 4.69) is 15.3 Å². The zero-order chi connectivity index (χ0) is 16.9. The van der Waals surface area contributed by atoms with E-state index in [0.29, 0.717) is 37.7 Å². The van der Waals surface area contributed by atoms with E-state index >= 15 is 0 Å². The maximum Gasteiger partial charge on any atom is 0.274 e. The van der Waals surface area contributed by atoms with Crippen LogP contribution < -0.4 is 5.32 Å². The molecule has 0 radical (unpaired) electrons. The number of rotatable bonds is 3. The van der Waals surface area contributed by atoms with Crippen molar-refractivity contribution in [2.45, 2.75) is 6.92 Å². The molecular formula is C17H19N5O2. The molecule has 1 aliphatic heterocycles. The van der Waals surface area contributed by atoms with E-state index in [-0.39, 0.29) is 11.8 Å². The van der Waals surface area contributed by atoms with Gasteiger partial charge in [-0.2, -0.15) is 0 Å². The fourth-order valence-electron chi connectivity index (χ4n) is 2.56. The third kappa shape index (κ3) is 3.68. The number of anilines is 2. The van der Waals surface area contributed by atoms with Gasteiger partial charge in [0.15, 0.2) is 0 Å². The number of hydrogen-bond donors (Lipinski definition) is 1. The Hall–Kier alpha value is -2.96. The number of benzene rings is 1. The van der Waals surface area contributed by atoms with E-state index in [0.717, 1.165) is 5.69 Å². The van der Waals surface area contributed by atoms with Crippen molar-refractivity contribution in [1.29, 1.82) is 0 Å². The van der Waals surface area contributed by atoms with Crippen LogP contribution in [0.25, 0.3) is 0 Å². The molecule has 2 amide bonds. The van der Waals surface area contributed by atoms with Gasteiger partial charge in [-0.05, 0) is 12.1 Å². The van der Waals surface area contributed by atoms with Crippen LogP contribution >= 0.6 is 0 Å². The molecule has 1 aromatic heterocycles. The van der Waals surface area contributed by atoms with Gasteiger partial charge in [-0.15, -0.1) is 0 Å². The molecule has 7 nitrogen and oxygen atoms in total. The van der Waals surface area contributed by atoms with Gasteiger partial charge in [-0.1, -0.05) is 18.2 Å². The first-order chi connectivity index (χ1) is 11.6.